The van der Waals surface area contributed by atoms with Crippen LogP contribution in [0.4, 0.5) is 0 Å². The molecule has 1 aromatic rings. The first-order valence-electron chi connectivity index (χ1n) is 2.81. The van der Waals surface area contributed by atoms with Crippen molar-refractivity contribution < 1.29 is 12.3 Å². The minimum Gasteiger partial charge on any atom is -1.00 e. The summed E-state index contributed by atoms with van der Waals surface area (Å²) in [5.74, 6) is 1.69. The Morgan fingerprint density at radius 1 is 1.10 bits per heavy atom. The maximum atomic E-state index is 5.08. The molecule has 0 saturated carbocycles. The fraction of sp³-hybridized carbons (Fsp3) is 0.143. The van der Waals surface area contributed by atoms with Gasteiger partial charge in [0.05, 0.1) is 0 Å². The summed E-state index contributed by atoms with van der Waals surface area (Å²) in [6.07, 6.45) is 0. The molecule has 3 heteroatoms. The van der Waals surface area contributed by atoms with Crippen molar-refractivity contribution in [2.45, 2.75) is 0 Å². The second-order valence-electron chi connectivity index (χ2n) is 1.85. The van der Waals surface area contributed by atoms with Gasteiger partial charge in [-0.05, 0) is 12.1 Å². The van der Waals surface area contributed by atoms with Crippen molar-refractivity contribution in [3.05, 3.63) is 24.3 Å². The Hall–Kier alpha value is -0.414. The summed E-state index contributed by atoms with van der Waals surface area (Å²) in [6, 6.07) is 7.63. The number of benzene rings is 1. The van der Waals surface area contributed by atoms with Crippen molar-refractivity contribution >= 4 is 23.1 Å². The van der Waals surface area contributed by atoms with Crippen molar-refractivity contribution in [3.63, 3.8) is 0 Å². The Morgan fingerprint density at radius 2 is 1.60 bits per heavy atom. The van der Waals surface area contributed by atoms with Gasteiger partial charge in [0.2, 0.25) is 6.79 Å². The van der Waals surface area contributed by atoms with E-state index in [1.807, 2.05) is 24.3 Å². The average molecular weight is 148 g/mol. The molecule has 0 aliphatic carbocycles. The molecule has 1 aliphatic heterocycles. The number of para-hydroxylation sites is 2. The van der Waals surface area contributed by atoms with E-state index in [0.717, 1.165) is 11.5 Å². The van der Waals surface area contributed by atoms with Gasteiger partial charge >= 0.3 is 23.1 Å². The molecule has 0 N–H and O–H groups in total. The Labute approximate surface area is 78.3 Å². The summed E-state index contributed by atoms with van der Waals surface area (Å²) < 4.78 is 10.2. The fourth-order valence-corrected chi connectivity index (χ4v) is 0.845. The molecule has 0 fully saturated rings. The van der Waals surface area contributed by atoms with Crippen LogP contribution in [0.15, 0.2) is 24.3 Å². The predicted molar refractivity (Wildman–Crippen MR) is 40.5 cm³/mol. The smallest absolute Gasteiger partial charge is 1.00 e. The number of fused-ring (bicyclic) bond motifs is 1. The Morgan fingerprint density at radius 3 is 2.10 bits per heavy atom. The van der Waals surface area contributed by atoms with Crippen LogP contribution in [0.25, 0.3) is 0 Å². The van der Waals surface area contributed by atoms with Gasteiger partial charge < -0.3 is 12.3 Å². The first kappa shape index (κ1) is 7.69. The van der Waals surface area contributed by atoms with Crippen molar-refractivity contribution in [1.29, 1.82) is 0 Å². The van der Waals surface area contributed by atoms with Crippen molar-refractivity contribution in [2.75, 3.05) is 6.79 Å². The Bertz CT molecular complexity index is 209. The van der Waals surface area contributed by atoms with Gasteiger partial charge in [-0.25, -0.2) is 0 Å². The normalized spacial score (nSPS) is 12.4. The van der Waals surface area contributed by atoms with Gasteiger partial charge in [-0.1, -0.05) is 12.1 Å². The molecule has 1 heterocycles. The van der Waals surface area contributed by atoms with Gasteiger partial charge in [-0.15, -0.1) is 0 Å². The zero-order chi connectivity index (χ0) is 6.10. The maximum absolute atomic E-state index is 5.08. The summed E-state index contributed by atoms with van der Waals surface area (Å²) in [4.78, 5) is 0. The van der Waals surface area contributed by atoms with Gasteiger partial charge in [0, 0.05) is 0 Å². The van der Waals surface area contributed by atoms with Crippen LogP contribution < -0.4 is 9.47 Å². The summed E-state index contributed by atoms with van der Waals surface area (Å²) in [5.41, 5.74) is 0. The van der Waals surface area contributed by atoms with Crippen LogP contribution in [-0.4, -0.2) is 29.8 Å². The first-order chi connectivity index (χ1) is 4.47. The molecule has 1 aromatic carbocycles. The van der Waals surface area contributed by atoms with E-state index in [9.17, 15) is 0 Å². The van der Waals surface area contributed by atoms with Crippen molar-refractivity contribution in [2.24, 2.45) is 0 Å². The minimum absolute atomic E-state index is 0. The number of ether oxygens (including phenoxy) is 2. The zero-order valence-electron chi connectivity index (χ0n) is 7.54. The van der Waals surface area contributed by atoms with Gasteiger partial charge in [0.1, 0.15) is 0 Å². The second kappa shape index (κ2) is 3.12. The second-order valence-corrected chi connectivity index (χ2v) is 1.85. The molecule has 50 valence electrons. The molecule has 0 radical (unpaired) electrons. The van der Waals surface area contributed by atoms with E-state index in [0.29, 0.717) is 6.79 Å². The van der Waals surface area contributed by atoms with Gasteiger partial charge in [0.25, 0.3) is 0 Å². The molecule has 1 aliphatic rings. The molecule has 10 heavy (non-hydrogen) atoms. The Balaban J connectivity index is 0. The molecule has 2 nitrogen and oxygen atoms in total. The molecule has 0 amide bonds. The molecular formula is C7H8MgO2. The van der Waals surface area contributed by atoms with Crippen LogP contribution >= 0.6 is 0 Å². The molecule has 0 atom stereocenters. The van der Waals surface area contributed by atoms with Crippen LogP contribution in [0, 0.1) is 0 Å². The zero-order valence-corrected chi connectivity index (χ0v) is 6.95. The number of hydrogen-bond donors (Lipinski definition) is 0. The van der Waals surface area contributed by atoms with Crippen LogP contribution in [0.5, 0.6) is 11.5 Å². The fourth-order valence-electron chi connectivity index (χ4n) is 0.845. The average Bonchev–Trinajstić information content (AvgIpc) is 2.33. The molecule has 0 spiro atoms. The molecule has 0 bridgehead atoms. The molecule has 0 saturated heterocycles. The minimum atomic E-state index is 0. The van der Waals surface area contributed by atoms with Crippen LogP contribution in [0.1, 0.15) is 2.85 Å². The van der Waals surface area contributed by atoms with E-state index < -0.39 is 0 Å². The molecule has 0 aromatic heterocycles. The SMILES string of the molecule is [H-].[H-].[Mg+2].c1ccc2c(c1)OCO2. The van der Waals surface area contributed by atoms with E-state index in [4.69, 9.17) is 9.47 Å². The van der Waals surface area contributed by atoms with E-state index in [2.05, 4.69) is 0 Å². The summed E-state index contributed by atoms with van der Waals surface area (Å²) in [5, 5.41) is 0. The van der Waals surface area contributed by atoms with Crippen LogP contribution in [0.3, 0.4) is 0 Å². The first-order valence-corrected chi connectivity index (χ1v) is 2.81. The van der Waals surface area contributed by atoms with Gasteiger partial charge in [-0.2, -0.15) is 0 Å². The molecular weight excluding hydrogens is 140 g/mol. The predicted octanol–water partition coefficient (Wildman–Crippen LogP) is 1.26. The van der Waals surface area contributed by atoms with Crippen molar-refractivity contribution in [1.82, 2.24) is 0 Å². The summed E-state index contributed by atoms with van der Waals surface area (Å²) in [7, 11) is 0. The van der Waals surface area contributed by atoms with E-state index in [1.54, 1.807) is 0 Å². The summed E-state index contributed by atoms with van der Waals surface area (Å²) >= 11 is 0. The monoisotopic (exact) mass is 148 g/mol. The molecule has 2 rings (SSSR count). The summed E-state index contributed by atoms with van der Waals surface area (Å²) in [6.45, 7) is 0.360. The maximum Gasteiger partial charge on any atom is 2.00 e. The van der Waals surface area contributed by atoms with Crippen LogP contribution in [0.2, 0.25) is 0 Å². The third-order valence-electron chi connectivity index (χ3n) is 1.28. The van der Waals surface area contributed by atoms with Crippen LogP contribution in [-0.2, 0) is 0 Å². The number of rotatable bonds is 0. The third-order valence-corrected chi connectivity index (χ3v) is 1.28. The van der Waals surface area contributed by atoms with Gasteiger partial charge in [0.15, 0.2) is 11.5 Å². The van der Waals surface area contributed by atoms with Gasteiger partial charge in [-0.3, -0.25) is 0 Å². The quantitative estimate of drug-likeness (QED) is 0.516. The largest absolute Gasteiger partial charge is 2.00 e. The topological polar surface area (TPSA) is 18.5 Å². The Kier molecular flexibility index (Phi) is 2.40. The van der Waals surface area contributed by atoms with E-state index in [-0.39, 0.29) is 25.9 Å². The standard InChI is InChI=1S/C7H6O2.Mg.2H/c1-2-4-7-6(3-1)8-5-9-7;;;/h1-4H,5H2;;;/q;+2;2*-1. The molecule has 0 unspecified atom stereocenters. The van der Waals surface area contributed by atoms with E-state index >= 15 is 0 Å². The number of hydrogen-bond acceptors (Lipinski definition) is 2. The van der Waals surface area contributed by atoms with E-state index in [1.165, 1.54) is 0 Å². The third kappa shape index (κ3) is 1.20. The van der Waals surface area contributed by atoms with Crippen molar-refractivity contribution in [3.8, 4) is 11.5 Å².